The van der Waals surface area contributed by atoms with Gasteiger partial charge in [0.15, 0.2) is 0 Å². The van der Waals surface area contributed by atoms with Crippen molar-refractivity contribution >= 4 is 10.0 Å². The molecule has 6 heteroatoms. The van der Waals surface area contributed by atoms with Crippen molar-refractivity contribution in [2.45, 2.75) is 50.5 Å². The topological polar surface area (TPSA) is 72.6 Å². The van der Waals surface area contributed by atoms with E-state index in [0.29, 0.717) is 19.6 Å². The summed E-state index contributed by atoms with van der Waals surface area (Å²) in [4.78, 5) is 0. The minimum Gasteiger partial charge on any atom is -0.385 e. The lowest BCUT2D eigenvalue weighted by Gasteiger charge is -2.39. The van der Waals surface area contributed by atoms with Crippen LogP contribution in [0.2, 0.25) is 0 Å². The zero-order chi connectivity index (χ0) is 14.4. The summed E-state index contributed by atoms with van der Waals surface area (Å²) in [6.07, 6.45) is 6.78. The summed E-state index contributed by atoms with van der Waals surface area (Å²) in [7, 11) is 0.0355. The predicted octanol–water partition coefficient (Wildman–Crippen LogP) is 1.34. The molecule has 1 fully saturated rings. The zero-order valence-corrected chi connectivity index (χ0v) is 13.0. The largest absolute Gasteiger partial charge is 0.385 e. The van der Waals surface area contributed by atoms with E-state index in [2.05, 4.69) is 0 Å². The molecule has 5 nitrogen and oxygen atoms in total. The van der Waals surface area contributed by atoms with Gasteiger partial charge in [-0.15, -0.1) is 0 Å². The molecular weight excluding hydrogens is 264 g/mol. The van der Waals surface area contributed by atoms with E-state index in [9.17, 15) is 8.42 Å². The van der Waals surface area contributed by atoms with Gasteiger partial charge in [-0.2, -0.15) is 4.31 Å². The highest BCUT2D eigenvalue weighted by Gasteiger charge is 2.39. The molecule has 0 aromatic heterocycles. The Morgan fingerprint density at radius 2 is 1.79 bits per heavy atom. The average Bonchev–Trinajstić information content (AvgIpc) is 2.64. The van der Waals surface area contributed by atoms with Crippen molar-refractivity contribution in [3.05, 3.63) is 0 Å². The summed E-state index contributed by atoms with van der Waals surface area (Å²) in [6, 6.07) is 0. The van der Waals surface area contributed by atoms with Gasteiger partial charge in [0.1, 0.15) is 0 Å². The summed E-state index contributed by atoms with van der Waals surface area (Å²) < 4.78 is 31.3. The van der Waals surface area contributed by atoms with E-state index < -0.39 is 10.0 Å². The summed E-state index contributed by atoms with van der Waals surface area (Å²) in [5, 5.41) is 0. The van der Waals surface area contributed by atoms with Crippen molar-refractivity contribution in [3.63, 3.8) is 0 Å². The smallest absolute Gasteiger partial charge is 0.214 e. The molecule has 0 heterocycles. The first-order valence-corrected chi connectivity index (χ1v) is 8.75. The normalized spacial score (nSPS) is 20.4. The van der Waals surface area contributed by atoms with Gasteiger partial charge in [-0.05, 0) is 19.3 Å². The number of ether oxygens (including phenoxy) is 1. The first kappa shape index (κ1) is 16.9. The highest BCUT2D eigenvalue weighted by molar-refractivity contribution is 7.89. The number of methoxy groups -OCH3 is 1. The first-order chi connectivity index (χ1) is 8.98. The molecule has 0 unspecified atom stereocenters. The van der Waals surface area contributed by atoms with Crippen LogP contribution in [0.4, 0.5) is 0 Å². The molecule has 114 valence electrons. The fraction of sp³-hybridized carbons (Fsp3) is 1.00. The summed E-state index contributed by atoms with van der Waals surface area (Å²) >= 11 is 0. The van der Waals surface area contributed by atoms with Crippen LogP contribution in [0.25, 0.3) is 0 Å². The second kappa shape index (κ2) is 7.57. The molecule has 1 aliphatic rings. The van der Waals surface area contributed by atoms with Crippen LogP contribution in [0.5, 0.6) is 0 Å². The SMILES string of the molecule is COCCCS(=O)(=O)N(C)C1(CN)CCCCCC1. The van der Waals surface area contributed by atoms with Crippen LogP contribution in [0.3, 0.4) is 0 Å². The molecule has 0 spiro atoms. The third kappa shape index (κ3) is 4.41. The molecule has 1 saturated carbocycles. The Kier molecular flexibility index (Phi) is 6.73. The van der Waals surface area contributed by atoms with Crippen LogP contribution in [0.1, 0.15) is 44.9 Å². The van der Waals surface area contributed by atoms with E-state index >= 15 is 0 Å². The molecule has 0 atom stereocenters. The van der Waals surface area contributed by atoms with Crippen molar-refractivity contribution in [1.82, 2.24) is 4.31 Å². The minimum absolute atomic E-state index is 0.138. The Balaban J connectivity index is 2.78. The van der Waals surface area contributed by atoms with Gasteiger partial charge in [0.05, 0.1) is 5.75 Å². The van der Waals surface area contributed by atoms with Crippen LogP contribution in [0, 0.1) is 0 Å². The number of nitrogens with zero attached hydrogens (tertiary/aromatic N) is 1. The fourth-order valence-electron chi connectivity index (χ4n) is 2.85. The monoisotopic (exact) mass is 292 g/mol. The van der Waals surface area contributed by atoms with Gasteiger partial charge in [-0.25, -0.2) is 8.42 Å². The van der Waals surface area contributed by atoms with E-state index in [4.69, 9.17) is 10.5 Å². The van der Waals surface area contributed by atoms with Crippen LogP contribution in [-0.2, 0) is 14.8 Å². The zero-order valence-electron chi connectivity index (χ0n) is 12.2. The number of hydrogen-bond donors (Lipinski definition) is 1. The van der Waals surface area contributed by atoms with Crippen LogP contribution >= 0.6 is 0 Å². The van der Waals surface area contributed by atoms with Crippen molar-refractivity contribution in [2.24, 2.45) is 5.73 Å². The van der Waals surface area contributed by atoms with Crippen LogP contribution < -0.4 is 5.73 Å². The van der Waals surface area contributed by atoms with Gasteiger partial charge in [-0.1, -0.05) is 25.7 Å². The molecule has 0 radical (unpaired) electrons. The summed E-state index contributed by atoms with van der Waals surface area (Å²) in [6.45, 7) is 0.885. The molecule has 2 N–H and O–H groups in total. The molecule has 1 aliphatic carbocycles. The second-order valence-electron chi connectivity index (χ2n) is 5.47. The molecule has 0 aromatic carbocycles. The quantitative estimate of drug-likeness (QED) is 0.567. The highest BCUT2D eigenvalue weighted by Crippen LogP contribution is 2.32. The lowest BCUT2D eigenvalue weighted by atomic mass is 9.90. The highest BCUT2D eigenvalue weighted by atomic mass is 32.2. The summed E-state index contributed by atoms with van der Waals surface area (Å²) in [5.41, 5.74) is 5.56. The van der Waals surface area contributed by atoms with Gasteiger partial charge in [-0.3, -0.25) is 0 Å². The predicted molar refractivity (Wildman–Crippen MR) is 77.5 cm³/mol. The Labute approximate surface area is 117 Å². The average molecular weight is 292 g/mol. The lowest BCUT2D eigenvalue weighted by Crippen LogP contribution is -2.54. The van der Waals surface area contributed by atoms with E-state index in [0.717, 1.165) is 25.7 Å². The van der Waals surface area contributed by atoms with E-state index in [-0.39, 0.29) is 11.3 Å². The molecule has 0 saturated heterocycles. The molecule has 0 bridgehead atoms. The number of hydrogen-bond acceptors (Lipinski definition) is 4. The third-order valence-corrected chi connectivity index (χ3v) is 6.28. The maximum Gasteiger partial charge on any atom is 0.214 e. The van der Waals surface area contributed by atoms with Crippen molar-refractivity contribution in [2.75, 3.05) is 33.1 Å². The fourth-order valence-corrected chi connectivity index (χ4v) is 4.46. The van der Waals surface area contributed by atoms with Crippen LogP contribution in [-0.4, -0.2) is 51.3 Å². The third-order valence-electron chi connectivity index (χ3n) is 4.25. The van der Waals surface area contributed by atoms with Crippen molar-refractivity contribution < 1.29 is 13.2 Å². The Bertz CT molecular complexity index is 349. The van der Waals surface area contributed by atoms with Gasteiger partial charge in [0.2, 0.25) is 10.0 Å². The number of sulfonamides is 1. The molecule has 19 heavy (non-hydrogen) atoms. The van der Waals surface area contributed by atoms with Gasteiger partial charge in [0.25, 0.3) is 0 Å². The number of likely N-dealkylation sites (N-methyl/N-ethyl adjacent to an activating group) is 1. The van der Waals surface area contributed by atoms with Gasteiger partial charge in [0, 0.05) is 32.8 Å². The van der Waals surface area contributed by atoms with Crippen molar-refractivity contribution in [3.8, 4) is 0 Å². The Morgan fingerprint density at radius 1 is 1.21 bits per heavy atom. The molecule has 0 aromatic rings. The van der Waals surface area contributed by atoms with Crippen LogP contribution in [0.15, 0.2) is 0 Å². The Morgan fingerprint density at radius 3 is 2.26 bits per heavy atom. The molecular formula is C13H28N2O3S. The van der Waals surface area contributed by atoms with Crippen molar-refractivity contribution in [1.29, 1.82) is 0 Å². The van der Waals surface area contributed by atoms with E-state index in [1.807, 2.05) is 0 Å². The number of rotatable bonds is 7. The van der Waals surface area contributed by atoms with E-state index in [1.54, 1.807) is 18.5 Å². The molecule has 0 aliphatic heterocycles. The molecule has 1 rings (SSSR count). The maximum atomic E-state index is 12.4. The van der Waals surface area contributed by atoms with E-state index in [1.165, 1.54) is 12.8 Å². The standard InChI is InChI=1S/C13H28N2O3S/c1-15(19(16,17)11-7-10-18-2)13(12-14)8-5-3-4-6-9-13/h3-12,14H2,1-2H3. The Hall–Kier alpha value is -0.170. The molecule has 0 amide bonds. The van der Waals surface area contributed by atoms with Gasteiger partial charge >= 0.3 is 0 Å². The second-order valence-corrected chi connectivity index (χ2v) is 7.59. The maximum absolute atomic E-state index is 12.4. The minimum atomic E-state index is -3.25. The lowest BCUT2D eigenvalue weighted by molar-refractivity contribution is 0.189. The van der Waals surface area contributed by atoms with Gasteiger partial charge < -0.3 is 10.5 Å². The summed E-state index contributed by atoms with van der Waals surface area (Å²) in [5.74, 6) is 0.138. The number of nitrogens with two attached hydrogens (primary N) is 1. The first-order valence-electron chi connectivity index (χ1n) is 7.14.